The highest BCUT2D eigenvalue weighted by atomic mass is 16.2. The van der Waals surface area contributed by atoms with Gasteiger partial charge in [-0.25, -0.2) is 4.79 Å². The monoisotopic (exact) mass is 291 g/mol. The minimum atomic E-state index is -0.0146. The average molecular weight is 291 g/mol. The second kappa shape index (κ2) is 9.40. The third-order valence-corrected chi connectivity index (χ3v) is 3.60. The van der Waals surface area contributed by atoms with Gasteiger partial charge in [-0.05, 0) is 44.5 Å². The SMILES string of the molecule is CCCCN(CC)C(=O)Nc1cccc(C(C)NCC)c1. The van der Waals surface area contributed by atoms with Gasteiger partial charge in [-0.3, -0.25) is 0 Å². The van der Waals surface area contributed by atoms with Crippen molar-refractivity contribution in [3.05, 3.63) is 29.8 Å². The van der Waals surface area contributed by atoms with Gasteiger partial charge in [0.05, 0.1) is 0 Å². The van der Waals surface area contributed by atoms with Crippen LogP contribution in [-0.2, 0) is 0 Å². The van der Waals surface area contributed by atoms with Gasteiger partial charge in [0.15, 0.2) is 0 Å². The van der Waals surface area contributed by atoms with Crippen molar-refractivity contribution in [2.45, 2.75) is 46.6 Å². The van der Waals surface area contributed by atoms with Crippen LogP contribution >= 0.6 is 0 Å². The van der Waals surface area contributed by atoms with Crippen LogP contribution in [0.3, 0.4) is 0 Å². The van der Waals surface area contributed by atoms with E-state index in [0.29, 0.717) is 0 Å². The Morgan fingerprint density at radius 3 is 2.67 bits per heavy atom. The van der Waals surface area contributed by atoms with E-state index in [9.17, 15) is 4.79 Å². The van der Waals surface area contributed by atoms with Crippen LogP contribution in [0, 0.1) is 0 Å². The maximum atomic E-state index is 12.3. The van der Waals surface area contributed by atoms with Crippen LogP contribution in [0.4, 0.5) is 10.5 Å². The summed E-state index contributed by atoms with van der Waals surface area (Å²) < 4.78 is 0. The van der Waals surface area contributed by atoms with Gasteiger partial charge in [-0.1, -0.05) is 32.4 Å². The molecule has 118 valence electrons. The molecule has 1 rings (SSSR count). The van der Waals surface area contributed by atoms with E-state index in [1.165, 1.54) is 5.56 Å². The molecule has 0 aliphatic carbocycles. The molecule has 4 nitrogen and oxygen atoms in total. The topological polar surface area (TPSA) is 44.4 Å². The van der Waals surface area contributed by atoms with Gasteiger partial charge in [0, 0.05) is 24.8 Å². The molecule has 0 fully saturated rings. The van der Waals surface area contributed by atoms with Crippen molar-refractivity contribution in [3.63, 3.8) is 0 Å². The molecule has 0 bridgehead atoms. The first-order valence-electron chi connectivity index (χ1n) is 8.01. The summed E-state index contributed by atoms with van der Waals surface area (Å²) in [7, 11) is 0. The van der Waals surface area contributed by atoms with E-state index in [4.69, 9.17) is 0 Å². The highest BCUT2D eigenvalue weighted by Crippen LogP contribution is 2.17. The van der Waals surface area contributed by atoms with Gasteiger partial charge in [-0.15, -0.1) is 0 Å². The van der Waals surface area contributed by atoms with Gasteiger partial charge in [0.2, 0.25) is 0 Å². The maximum absolute atomic E-state index is 12.3. The number of amides is 2. The first-order valence-corrected chi connectivity index (χ1v) is 8.01. The molecule has 21 heavy (non-hydrogen) atoms. The van der Waals surface area contributed by atoms with Crippen LogP contribution < -0.4 is 10.6 Å². The lowest BCUT2D eigenvalue weighted by Crippen LogP contribution is -2.35. The van der Waals surface area contributed by atoms with Crippen LogP contribution in [0.1, 0.15) is 52.1 Å². The fraction of sp³-hybridized carbons (Fsp3) is 0.588. The number of nitrogens with zero attached hydrogens (tertiary/aromatic N) is 1. The van der Waals surface area contributed by atoms with Gasteiger partial charge in [0.25, 0.3) is 0 Å². The normalized spacial score (nSPS) is 12.0. The number of hydrogen-bond donors (Lipinski definition) is 2. The highest BCUT2D eigenvalue weighted by molar-refractivity contribution is 5.89. The van der Waals surface area contributed by atoms with Crippen LogP contribution in [0.15, 0.2) is 24.3 Å². The van der Waals surface area contributed by atoms with Crippen molar-refractivity contribution in [3.8, 4) is 0 Å². The first-order chi connectivity index (χ1) is 10.1. The predicted octanol–water partition coefficient (Wildman–Crippen LogP) is 4.01. The Labute approximate surface area is 128 Å². The van der Waals surface area contributed by atoms with Crippen LogP contribution in [0.25, 0.3) is 0 Å². The van der Waals surface area contributed by atoms with E-state index in [0.717, 1.165) is 38.2 Å². The molecule has 0 radical (unpaired) electrons. The Kier molecular flexibility index (Phi) is 7.83. The number of carbonyl (C=O) groups excluding carboxylic acids is 1. The van der Waals surface area contributed by atoms with E-state index < -0.39 is 0 Å². The van der Waals surface area contributed by atoms with Crippen molar-refractivity contribution in [1.29, 1.82) is 0 Å². The largest absolute Gasteiger partial charge is 0.325 e. The molecule has 0 heterocycles. The summed E-state index contributed by atoms with van der Waals surface area (Å²) in [6.07, 6.45) is 2.14. The highest BCUT2D eigenvalue weighted by Gasteiger charge is 2.11. The summed E-state index contributed by atoms with van der Waals surface area (Å²) in [4.78, 5) is 14.1. The zero-order valence-electron chi connectivity index (χ0n) is 13.8. The number of hydrogen-bond acceptors (Lipinski definition) is 2. The van der Waals surface area contributed by atoms with Crippen molar-refractivity contribution in [2.75, 3.05) is 25.0 Å². The molecule has 2 N–H and O–H groups in total. The molecule has 0 aromatic heterocycles. The Bertz CT molecular complexity index is 434. The Balaban J connectivity index is 2.69. The van der Waals surface area contributed by atoms with E-state index in [1.807, 2.05) is 30.0 Å². The minimum absolute atomic E-state index is 0.0146. The molecule has 1 unspecified atom stereocenters. The number of unbranched alkanes of at least 4 members (excludes halogenated alkanes) is 1. The van der Waals surface area contributed by atoms with E-state index >= 15 is 0 Å². The zero-order chi connectivity index (χ0) is 15.7. The quantitative estimate of drug-likeness (QED) is 0.760. The summed E-state index contributed by atoms with van der Waals surface area (Å²) >= 11 is 0. The number of nitrogens with one attached hydrogen (secondary N) is 2. The molecule has 0 spiro atoms. The molecule has 0 aliphatic rings. The van der Waals surface area contributed by atoms with Gasteiger partial charge in [0.1, 0.15) is 0 Å². The smallest absolute Gasteiger partial charge is 0.321 e. The lowest BCUT2D eigenvalue weighted by Gasteiger charge is -2.21. The number of carbonyl (C=O) groups is 1. The van der Waals surface area contributed by atoms with E-state index in [1.54, 1.807) is 0 Å². The Hall–Kier alpha value is -1.55. The van der Waals surface area contributed by atoms with E-state index in [-0.39, 0.29) is 12.1 Å². The summed E-state index contributed by atoms with van der Waals surface area (Å²) in [5.74, 6) is 0. The lowest BCUT2D eigenvalue weighted by atomic mass is 10.1. The molecule has 1 atom stereocenters. The van der Waals surface area contributed by atoms with Gasteiger partial charge >= 0.3 is 6.03 Å². The third-order valence-electron chi connectivity index (χ3n) is 3.60. The average Bonchev–Trinajstić information content (AvgIpc) is 2.48. The van der Waals surface area contributed by atoms with Gasteiger partial charge in [-0.2, -0.15) is 0 Å². The molecule has 1 aromatic rings. The predicted molar refractivity (Wildman–Crippen MR) is 89.7 cm³/mol. The molecule has 2 amide bonds. The number of rotatable bonds is 8. The van der Waals surface area contributed by atoms with Crippen molar-refractivity contribution < 1.29 is 4.79 Å². The fourth-order valence-corrected chi connectivity index (χ4v) is 2.26. The van der Waals surface area contributed by atoms with Crippen molar-refractivity contribution in [1.82, 2.24) is 10.2 Å². The summed E-state index contributed by atoms with van der Waals surface area (Å²) in [6, 6.07) is 8.32. The summed E-state index contributed by atoms with van der Waals surface area (Å²) in [5.41, 5.74) is 2.04. The molecule has 1 aromatic carbocycles. The number of urea groups is 1. The summed E-state index contributed by atoms with van der Waals surface area (Å²) in [5, 5.41) is 6.38. The van der Waals surface area contributed by atoms with Crippen molar-refractivity contribution in [2.24, 2.45) is 0 Å². The van der Waals surface area contributed by atoms with Gasteiger partial charge < -0.3 is 15.5 Å². The van der Waals surface area contributed by atoms with Crippen LogP contribution in [0.5, 0.6) is 0 Å². The number of benzene rings is 1. The Morgan fingerprint density at radius 2 is 2.05 bits per heavy atom. The standard InChI is InChI=1S/C17H29N3O/c1-5-8-12-20(7-3)17(21)19-16-11-9-10-15(13-16)14(4)18-6-2/h9-11,13-14,18H,5-8,12H2,1-4H3,(H,19,21). The van der Waals surface area contributed by atoms with Crippen LogP contribution in [-0.4, -0.2) is 30.6 Å². The van der Waals surface area contributed by atoms with E-state index in [2.05, 4.69) is 37.5 Å². The Morgan fingerprint density at radius 1 is 1.29 bits per heavy atom. The van der Waals surface area contributed by atoms with Crippen molar-refractivity contribution >= 4 is 11.7 Å². The second-order valence-corrected chi connectivity index (χ2v) is 5.27. The molecular formula is C17H29N3O. The molecule has 4 heteroatoms. The zero-order valence-corrected chi connectivity index (χ0v) is 13.8. The fourth-order valence-electron chi connectivity index (χ4n) is 2.26. The first kappa shape index (κ1) is 17.5. The third kappa shape index (κ3) is 5.76. The number of anilines is 1. The molecular weight excluding hydrogens is 262 g/mol. The molecule has 0 saturated carbocycles. The minimum Gasteiger partial charge on any atom is -0.325 e. The second-order valence-electron chi connectivity index (χ2n) is 5.27. The lowest BCUT2D eigenvalue weighted by molar-refractivity contribution is 0.213. The molecule has 0 saturated heterocycles. The van der Waals surface area contributed by atoms with Crippen LogP contribution in [0.2, 0.25) is 0 Å². The maximum Gasteiger partial charge on any atom is 0.321 e. The molecule has 0 aliphatic heterocycles. The summed E-state index contributed by atoms with van der Waals surface area (Å²) in [6.45, 7) is 10.8.